The first-order valence-corrected chi connectivity index (χ1v) is 9.47. The maximum absolute atomic E-state index is 13.3. The molecule has 0 bridgehead atoms. The van der Waals surface area contributed by atoms with Crippen molar-refractivity contribution >= 4 is 17.6 Å². The second-order valence-electron chi connectivity index (χ2n) is 8.68. The number of hydrogen-bond donors (Lipinski definition) is 1. The number of benzene rings is 1. The van der Waals surface area contributed by atoms with Gasteiger partial charge in [-0.2, -0.15) is 13.2 Å². The summed E-state index contributed by atoms with van der Waals surface area (Å²) >= 11 is 5.75. The summed E-state index contributed by atoms with van der Waals surface area (Å²) in [4.78, 5) is 12.0. The van der Waals surface area contributed by atoms with Gasteiger partial charge in [-0.1, -0.05) is 30.2 Å². The monoisotopic (exact) mass is 418 g/mol. The number of halogens is 4. The number of carboxylic acid groups (broad SMARTS) is 1. The van der Waals surface area contributed by atoms with Gasteiger partial charge >= 0.3 is 12.1 Å². The molecule has 0 saturated carbocycles. The average Bonchev–Trinajstić information content (AvgIpc) is 2.50. The van der Waals surface area contributed by atoms with Crippen LogP contribution in [0.5, 0.6) is 0 Å². The predicted molar refractivity (Wildman–Crippen MR) is 103 cm³/mol. The topological polar surface area (TPSA) is 46.5 Å². The van der Waals surface area contributed by atoms with Crippen LogP contribution in [-0.4, -0.2) is 23.3 Å². The summed E-state index contributed by atoms with van der Waals surface area (Å²) in [5.74, 6) is -1.11. The molecule has 2 atom stereocenters. The van der Waals surface area contributed by atoms with Gasteiger partial charge in [0, 0.05) is 11.0 Å². The summed E-state index contributed by atoms with van der Waals surface area (Å²) < 4.78 is 45.9. The summed E-state index contributed by atoms with van der Waals surface area (Å²) in [5.41, 5.74) is -1.29. The van der Waals surface area contributed by atoms with Crippen molar-refractivity contribution in [1.29, 1.82) is 0 Å². The van der Waals surface area contributed by atoms with Gasteiger partial charge in [0.2, 0.25) is 0 Å². The van der Waals surface area contributed by atoms with E-state index in [1.807, 2.05) is 20.8 Å². The maximum atomic E-state index is 13.3. The van der Waals surface area contributed by atoms with E-state index in [1.54, 1.807) is 13.8 Å². The van der Waals surface area contributed by atoms with Crippen molar-refractivity contribution < 1.29 is 27.8 Å². The second kappa shape index (κ2) is 7.71. The molecule has 156 valence electrons. The molecular weight excluding hydrogens is 393 g/mol. The molecule has 1 aromatic rings. The van der Waals surface area contributed by atoms with Gasteiger partial charge < -0.3 is 9.84 Å². The van der Waals surface area contributed by atoms with E-state index in [-0.39, 0.29) is 17.1 Å². The van der Waals surface area contributed by atoms with Crippen LogP contribution < -0.4 is 0 Å². The third-order valence-corrected chi connectivity index (χ3v) is 5.47. The van der Waals surface area contributed by atoms with Crippen LogP contribution in [0.1, 0.15) is 58.6 Å². The fourth-order valence-corrected chi connectivity index (χ4v) is 4.23. The highest BCUT2D eigenvalue weighted by atomic mass is 35.5. The Morgan fingerprint density at radius 3 is 2.43 bits per heavy atom. The fraction of sp³-hybridized carbons (Fsp3) is 0.571. The summed E-state index contributed by atoms with van der Waals surface area (Å²) in [6, 6.07) is 3.65. The number of carboxylic acids is 1. The Labute approximate surface area is 168 Å². The van der Waals surface area contributed by atoms with Crippen LogP contribution in [0.15, 0.2) is 29.3 Å². The highest BCUT2D eigenvalue weighted by Gasteiger charge is 2.44. The Balaban J connectivity index is 2.54. The van der Waals surface area contributed by atoms with Crippen molar-refractivity contribution in [3.63, 3.8) is 0 Å². The first-order valence-electron chi connectivity index (χ1n) is 9.10. The minimum atomic E-state index is -4.62. The van der Waals surface area contributed by atoms with Crippen LogP contribution in [0.4, 0.5) is 13.2 Å². The molecule has 0 aromatic heterocycles. The van der Waals surface area contributed by atoms with E-state index in [0.29, 0.717) is 30.6 Å². The standard InChI is InChI=1S/C21H26ClF3O3/c1-12-8-13(11-28-19(2,3)4)10-20(5,17(12)18(26)27)14-6-7-16(22)15(9-14)21(23,24)25/h6-7,9,13H,8,10-11H2,1-5H3,(H,26,27). The predicted octanol–water partition coefficient (Wildman–Crippen LogP) is 6.24. The Bertz CT molecular complexity index is 793. The van der Waals surface area contributed by atoms with Gasteiger partial charge in [-0.25, -0.2) is 4.79 Å². The first kappa shape index (κ1) is 22.8. The molecule has 1 aliphatic rings. The number of hydrogen-bond acceptors (Lipinski definition) is 2. The van der Waals surface area contributed by atoms with E-state index in [2.05, 4.69) is 0 Å². The summed E-state index contributed by atoms with van der Waals surface area (Å²) in [7, 11) is 0. The van der Waals surface area contributed by atoms with Crippen molar-refractivity contribution in [2.75, 3.05) is 6.61 Å². The zero-order valence-electron chi connectivity index (χ0n) is 16.7. The molecule has 0 fully saturated rings. The van der Waals surface area contributed by atoms with Crippen molar-refractivity contribution in [3.8, 4) is 0 Å². The summed E-state index contributed by atoms with van der Waals surface area (Å²) in [5, 5.41) is 9.40. The zero-order chi connectivity index (χ0) is 21.5. The van der Waals surface area contributed by atoms with Crippen molar-refractivity contribution in [1.82, 2.24) is 0 Å². The Morgan fingerprint density at radius 1 is 1.32 bits per heavy atom. The molecule has 1 aromatic carbocycles. The number of aliphatic carboxylic acids is 1. The maximum Gasteiger partial charge on any atom is 0.417 e. The molecule has 28 heavy (non-hydrogen) atoms. The lowest BCUT2D eigenvalue weighted by atomic mass is 9.64. The number of rotatable bonds is 4. The van der Waals surface area contributed by atoms with Gasteiger partial charge in [-0.15, -0.1) is 0 Å². The van der Waals surface area contributed by atoms with Gasteiger partial charge in [0.15, 0.2) is 0 Å². The van der Waals surface area contributed by atoms with Crippen LogP contribution in [0.25, 0.3) is 0 Å². The largest absolute Gasteiger partial charge is 0.478 e. The molecule has 1 aliphatic carbocycles. The number of alkyl halides is 3. The minimum Gasteiger partial charge on any atom is -0.478 e. The molecule has 2 rings (SSSR count). The Kier molecular flexibility index (Phi) is 6.27. The van der Waals surface area contributed by atoms with E-state index >= 15 is 0 Å². The van der Waals surface area contributed by atoms with E-state index in [0.717, 1.165) is 6.07 Å². The fourth-order valence-electron chi connectivity index (χ4n) is 4.01. The van der Waals surface area contributed by atoms with E-state index in [1.165, 1.54) is 12.1 Å². The van der Waals surface area contributed by atoms with Gasteiger partial charge in [0.05, 0.1) is 22.8 Å². The van der Waals surface area contributed by atoms with Crippen molar-refractivity contribution in [2.45, 2.75) is 64.7 Å². The zero-order valence-corrected chi connectivity index (χ0v) is 17.5. The molecule has 2 unspecified atom stereocenters. The van der Waals surface area contributed by atoms with Gasteiger partial charge in [0.1, 0.15) is 0 Å². The highest BCUT2D eigenvalue weighted by molar-refractivity contribution is 6.31. The number of allylic oxidation sites excluding steroid dienone is 1. The van der Waals surface area contributed by atoms with Gasteiger partial charge in [-0.3, -0.25) is 0 Å². The average molecular weight is 419 g/mol. The van der Waals surface area contributed by atoms with Gasteiger partial charge in [0.25, 0.3) is 0 Å². The van der Waals surface area contributed by atoms with E-state index < -0.39 is 28.1 Å². The quantitative estimate of drug-likeness (QED) is 0.629. The highest BCUT2D eigenvalue weighted by Crippen LogP contribution is 2.47. The van der Waals surface area contributed by atoms with Crippen LogP contribution in [-0.2, 0) is 21.1 Å². The molecule has 0 radical (unpaired) electrons. The van der Waals surface area contributed by atoms with E-state index in [9.17, 15) is 23.1 Å². The molecule has 0 amide bonds. The van der Waals surface area contributed by atoms with E-state index in [4.69, 9.17) is 16.3 Å². The van der Waals surface area contributed by atoms with Gasteiger partial charge in [-0.05, 0) is 64.2 Å². The third kappa shape index (κ3) is 4.90. The molecule has 3 nitrogen and oxygen atoms in total. The minimum absolute atomic E-state index is 0.00246. The molecular formula is C21H26ClF3O3. The SMILES string of the molecule is CC1=C(C(=O)O)C(C)(c2ccc(Cl)c(C(F)(F)F)c2)CC(COC(C)(C)C)C1. The third-order valence-electron chi connectivity index (χ3n) is 5.15. The summed E-state index contributed by atoms with van der Waals surface area (Å²) in [6.45, 7) is 9.60. The van der Waals surface area contributed by atoms with Crippen LogP contribution in [0.3, 0.4) is 0 Å². The second-order valence-corrected chi connectivity index (χ2v) is 9.09. The normalized spacial score (nSPS) is 23.8. The van der Waals surface area contributed by atoms with Crippen molar-refractivity contribution in [3.05, 3.63) is 45.5 Å². The van der Waals surface area contributed by atoms with Crippen LogP contribution in [0.2, 0.25) is 5.02 Å². The van der Waals surface area contributed by atoms with Crippen LogP contribution >= 0.6 is 11.6 Å². The van der Waals surface area contributed by atoms with Crippen LogP contribution in [0, 0.1) is 5.92 Å². The molecule has 0 aliphatic heterocycles. The lowest BCUT2D eigenvalue weighted by molar-refractivity contribution is -0.137. The molecule has 0 saturated heterocycles. The molecule has 0 heterocycles. The molecule has 7 heteroatoms. The van der Waals surface area contributed by atoms with Crippen molar-refractivity contribution in [2.24, 2.45) is 5.92 Å². The number of ether oxygens (including phenoxy) is 1. The lowest BCUT2D eigenvalue weighted by Gasteiger charge is -2.41. The first-order chi connectivity index (χ1) is 12.6. The lowest BCUT2D eigenvalue weighted by Crippen LogP contribution is -2.38. The summed E-state index contributed by atoms with van der Waals surface area (Å²) in [6.07, 6.45) is -3.71. The number of carbonyl (C=O) groups is 1. The Morgan fingerprint density at radius 2 is 1.93 bits per heavy atom. The Hall–Kier alpha value is -1.53. The smallest absolute Gasteiger partial charge is 0.417 e. The molecule has 1 N–H and O–H groups in total. The molecule has 0 spiro atoms.